The maximum absolute atomic E-state index is 13.5. The van der Waals surface area contributed by atoms with E-state index in [1.54, 1.807) is 19.1 Å². The van der Waals surface area contributed by atoms with Gasteiger partial charge in [0.05, 0.1) is 5.69 Å². The van der Waals surface area contributed by atoms with Crippen LogP contribution in [0.15, 0.2) is 54.5 Å². The van der Waals surface area contributed by atoms with Crippen LogP contribution in [0.5, 0.6) is 0 Å². The third-order valence-electron chi connectivity index (χ3n) is 5.84. The number of anilines is 2. The molecule has 0 amide bonds. The van der Waals surface area contributed by atoms with E-state index in [2.05, 4.69) is 58.3 Å². The number of piperazine rings is 1. The summed E-state index contributed by atoms with van der Waals surface area (Å²) in [6, 6.07) is 8.07. The largest absolute Gasteiger partial charge is 0.370 e. The van der Waals surface area contributed by atoms with Crippen molar-refractivity contribution in [1.29, 1.82) is 0 Å². The summed E-state index contributed by atoms with van der Waals surface area (Å²) < 4.78 is 13.5. The number of allylic oxidation sites excluding steroid dienone is 3. The Morgan fingerprint density at radius 1 is 1.11 bits per heavy atom. The van der Waals surface area contributed by atoms with E-state index >= 15 is 0 Å². The third-order valence-corrected chi connectivity index (χ3v) is 5.84. The van der Waals surface area contributed by atoms with Gasteiger partial charge in [0.1, 0.15) is 17.5 Å². The Morgan fingerprint density at radius 2 is 1.86 bits per heavy atom. The molecule has 0 atom stereocenters. The number of aromatic nitrogens is 2. The van der Waals surface area contributed by atoms with Gasteiger partial charge in [-0.15, -0.1) is 12.8 Å². The lowest BCUT2D eigenvalue weighted by Gasteiger charge is -2.32. The quantitative estimate of drug-likeness (QED) is 0.274. The van der Waals surface area contributed by atoms with Crippen LogP contribution in [0.3, 0.4) is 0 Å². The van der Waals surface area contributed by atoms with Gasteiger partial charge in [-0.3, -0.25) is 4.90 Å². The molecule has 0 saturated carbocycles. The number of nitrogens with one attached hydrogen (secondary N) is 2. The Balaban J connectivity index is 0.00000210. The summed E-state index contributed by atoms with van der Waals surface area (Å²) in [5.41, 5.74) is 3.18. The number of aryl methyl sites for hydroxylation is 1. The minimum Gasteiger partial charge on any atom is -0.370 e. The zero-order chi connectivity index (χ0) is 25.5. The Labute approximate surface area is 210 Å². The molecule has 1 aliphatic rings. The fourth-order valence-electron chi connectivity index (χ4n) is 3.83. The van der Waals surface area contributed by atoms with Crippen LogP contribution in [-0.4, -0.2) is 72.6 Å². The van der Waals surface area contributed by atoms with E-state index in [1.807, 2.05) is 24.4 Å². The lowest BCUT2D eigenvalue weighted by molar-refractivity contribution is 0.158. The SMILES string of the molecule is C#C.C/C=C\C(F)=C/CCNc1cccc(-c2cc(NCCN3CCN(C)CC3)ncc2CC)n1. The van der Waals surface area contributed by atoms with Crippen molar-refractivity contribution >= 4 is 11.6 Å². The van der Waals surface area contributed by atoms with Crippen molar-refractivity contribution in [2.75, 3.05) is 63.5 Å². The number of hydrogen-bond donors (Lipinski definition) is 2. The summed E-state index contributed by atoms with van der Waals surface area (Å²) in [6.45, 7) is 10.9. The standard InChI is InChI=1S/C26H37FN6.C2H2/c1-4-8-22(27)9-7-12-28-25-11-6-10-24(31-25)23-19-26(30-20-21(23)5-2)29-13-14-33-17-15-32(3)16-18-33;1-2/h4,6,8-11,19-20H,5,7,12-18H2,1-3H3,(H,28,31)(H,29,30);1-2H/b8-4-,22-9+;. The van der Waals surface area contributed by atoms with Gasteiger partial charge in [0.15, 0.2) is 0 Å². The van der Waals surface area contributed by atoms with Crippen LogP contribution >= 0.6 is 0 Å². The molecule has 1 fully saturated rings. The third kappa shape index (κ3) is 9.51. The molecule has 0 radical (unpaired) electrons. The second-order valence-corrected chi connectivity index (χ2v) is 8.36. The van der Waals surface area contributed by atoms with Gasteiger partial charge in [0.2, 0.25) is 0 Å². The smallest absolute Gasteiger partial charge is 0.126 e. The molecular formula is C28H39FN6. The second-order valence-electron chi connectivity index (χ2n) is 8.36. The van der Waals surface area contributed by atoms with E-state index in [4.69, 9.17) is 4.98 Å². The number of halogens is 1. The van der Waals surface area contributed by atoms with Crippen molar-refractivity contribution in [1.82, 2.24) is 19.8 Å². The first-order valence-corrected chi connectivity index (χ1v) is 12.3. The van der Waals surface area contributed by atoms with Crippen molar-refractivity contribution in [2.45, 2.75) is 26.7 Å². The molecule has 0 aliphatic carbocycles. The van der Waals surface area contributed by atoms with Gasteiger partial charge in [-0.2, -0.15) is 0 Å². The monoisotopic (exact) mass is 478 g/mol. The van der Waals surface area contributed by atoms with Crippen molar-refractivity contribution < 1.29 is 4.39 Å². The molecule has 7 heteroatoms. The number of likely N-dealkylation sites (N-methyl/N-ethyl adjacent to an activating group) is 1. The Kier molecular flexibility index (Phi) is 12.5. The van der Waals surface area contributed by atoms with Crippen molar-refractivity contribution in [3.05, 3.63) is 60.1 Å². The van der Waals surface area contributed by atoms with Crippen LogP contribution < -0.4 is 10.6 Å². The van der Waals surface area contributed by atoms with Gasteiger partial charge in [0.25, 0.3) is 0 Å². The number of pyridine rings is 2. The molecule has 2 aromatic rings. The molecule has 35 heavy (non-hydrogen) atoms. The molecular weight excluding hydrogens is 439 g/mol. The average molecular weight is 479 g/mol. The minimum absolute atomic E-state index is 0.210. The summed E-state index contributed by atoms with van der Waals surface area (Å²) in [6.07, 6.45) is 16.2. The predicted octanol–water partition coefficient (Wildman–Crippen LogP) is 4.85. The molecule has 1 aliphatic heterocycles. The summed E-state index contributed by atoms with van der Waals surface area (Å²) >= 11 is 0. The van der Waals surface area contributed by atoms with Crippen LogP contribution in [0, 0.1) is 12.8 Å². The van der Waals surface area contributed by atoms with Crippen molar-refractivity contribution in [3.63, 3.8) is 0 Å². The molecule has 0 bridgehead atoms. The van der Waals surface area contributed by atoms with E-state index in [1.165, 1.54) is 11.6 Å². The normalized spacial score (nSPS) is 15.0. The highest BCUT2D eigenvalue weighted by molar-refractivity contribution is 5.68. The summed E-state index contributed by atoms with van der Waals surface area (Å²) in [7, 11) is 2.18. The lowest BCUT2D eigenvalue weighted by atomic mass is 10.0. The Morgan fingerprint density at radius 3 is 2.57 bits per heavy atom. The first-order chi connectivity index (χ1) is 17.1. The van der Waals surface area contributed by atoms with Gasteiger partial charge < -0.3 is 15.5 Å². The van der Waals surface area contributed by atoms with E-state index in [9.17, 15) is 4.39 Å². The molecule has 3 heterocycles. The summed E-state index contributed by atoms with van der Waals surface area (Å²) in [4.78, 5) is 14.3. The van der Waals surface area contributed by atoms with E-state index < -0.39 is 0 Å². The van der Waals surface area contributed by atoms with Crippen LogP contribution in [-0.2, 0) is 6.42 Å². The van der Waals surface area contributed by atoms with Gasteiger partial charge in [0, 0.05) is 57.6 Å². The highest BCUT2D eigenvalue weighted by Gasteiger charge is 2.13. The fourth-order valence-corrected chi connectivity index (χ4v) is 3.83. The minimum atomic E-state index is -0.210. The highest BCUT2D eigenvalue weighted by Crippen LogP contribution is 2.25. The first kappa shape index (κ1) is 28.0. The van der Waals surface area contributed by atoms with Crippen LogP contribution in [0.1, 0.15) is 25.8 Å². The van der Waals surface area contributed by atoms with E-state index in [-0.39, 0.29) is 5.83 Å². The lowest BCUT2D eigenvalue weighted by Crippen LogP contribution is -2.45. The average Bonchev–Trinajstić information content (AvgIpc) is 2.89. The number of nitrogens with zero attached hydrogens (tertiary/aromatic N) is 4. The number of rotatable bonds is 11. The molecule has 1 saturated heterocycles. The number of terminal acetylenes is 1. The molecule has 2 N–H and O–H groups in total. The summed E-state index contributed by atoms with van der Waals surface area (Å²) in [5.74, 6) is 1.45. The molecule has 0 unspecified atom stereocenters. The Hall–Kier alpha value is -3.21. The molecule has 0 spiro atoms. The van der Waals surface area contributed by atoms with Crippen LogP contribution in [0.4, 0.5) is 16.0 Å². The molecule has 6 nitrogen and oxygen atoms in total. The van der Waals surface area contributed by atoms with Gasteiger partial charge in [-0.25, -0.2) is 14.4 Å². The maximum Gasteiger partial charge on any atom is 0.126 e. The maximum atomic E-state index is 13.5. The molecule has 188 valence electrons. The summed E-state index contributed by atoms with van der Waals surface area (Å²) in [5, 5.41) is 6.78. The Bertz CT molecular complexity index is 976. The van der Waals surface area contributed by atoms with Crippen molar-refractivity contribution in [3.8, 4) is 24.1 Å². The predicted molar refractivity (Wildman–Crippen MR) is 146 cm³/mol. The van der Waals surface area contributed by atoms with Gasteiger partial charge >= 0.3 is 0 Å². The second kappa shape index (κ2) is 15.6. The number of hydrogen-bond acceptors (Lipinski definition) is 6. The molecule has 3 rings (SSSR count). The van der Waals surface area contributed by atoms with E-state index in [0.717, 1.165) is 68.6 Å². The fraction of sp³-hybridized carbons (Fsp3) is 0.429. The van der Waals surface area contributed by atoms with Crippen LogP contribution in [0.25, 0.3) is 11.3 Å². The zero-order valence-corrected chi connectivity index (χ0v) is 21.3. The van der Waals surface area contributed by atoms with Gasteiger partial charge in [-0.1, -0.05) is 19.1 Å². The van der Waals surface area contributed by atoms with Crippen LogP contribution in [0.2, 0.25) is 0 Å². The topological polar surface area (TPSA) is 56.3 Å². The van der Waals surface area contributed by atoms with E-state index in [0.29, 0.717) is 13.0 Å². The molecule has 0 aromatic carbocycles. The van der Waals surface area contributed by atoms with Crippen molar-refractivity contribution in [2.24, 2.45) is 0 Å². The van der Waals surface area contributed by atoms with Gasteiger partial charge in [-0.05, 0) is 62.7 Å². The zero-order valence-electron chi connectivity index (χ0n) is 21.3. The highest BCUT2D eigenvalue weighted by atomic mass is 19.1. The first-order valence-electron chi connectivity index (χ1n) is 12.3. The molecule has 2 aromatic heterocycles.